The maximum Gasteiger partial charge on any atom is 0.270 e. The van der Waals surface area contributed by atoms with Crippen LogP contribution in [0.15, 0.2) is 12.3 Å². The Morgan fingerprint density at radius 3 is 1.96 bits per heavy atom. The van der Waals surface area contributed by atoms with E-state index in [1.54, 1.807) is 0 Å². The third-order valence-corrected chi connectivity index (χ3v) is 6.05. The Morgan fingerprint density at radius 2 is 1.42 bits per heavy atom. The molecule has 0 aliphatic heterocycles. The van der Waals surface area contributed by atoms with Crippen molar-refractivity contribution < 1.29 is 28.2 Å². The molecule has 0 aromatic heterocycles. The van der Waals surface area contributed by atoms with Crippen LogP contribution in [0.25, 0.3) is 0 Å². The highest BCUT2D eigenvalue weighted by atomic mass is 32.2. The molecular formula is C19H38O6S. The summed E-state index contributed by atoms with van der Waals surface area (Å²) in [5.74, 6) is 0.353. The molecule has 6 nitrogen and oxygen atoms in total. The molecule has 0 bridgehead atoms. The number of rotatable bonds is 18. The van der Waals surface area contributed by atoms with Gasteiger partial charge in [-0.3, -0.25) is 4.55 Å². The van der Waals surface area contributed by atoms with Gasteiger partial charge in [-0.25, -0.2) is 5.26 Å². The summed E-state index contributed by atoms with van der Waals surface area (Å²) in [5, 5.41) is 17.5. The van der Waals surface area contributed by atoms with Gasteiger partial charge in [0.15, 0.2) is 0 Å². The number of hydrogen-bond donors (Lipinski definition) is 3. The lowest BCUT2D eigenvalue weighted by Crippen LogP contribution is -2.33. The summed E-state index contributed by atoms with van der Waals surface area (Å²) < 4.78 is 32.5. The van der Waals surface area contributed by atoms with E-state index in [0.29, 0.717) is 31.4 Å². The molecule has 0 radical (unpaired) electrons. The van der Waals surface area contributed by atoms with Gasteiger partial charge in [0.25, 0.3) is 10.1 Å². The Balaban J connectivity index is 3.98. The lowest BCUT2D eigenvalue weighted by molar-refractivity contribution is -0.205. The molecule has 0 aromatic carbocycles. The van der Waals surface area contributed by atoms with Crippen LogP contribution < -0.4 is 0 Å². The summed E-state index contributed by atoms with van der Waals surface area (Å²) >= 11 is 0. The van der Waals surface area contributed by atoms with Gasteiger partial charge in [0.1, 0.15) is 11.0 Å². The zero-order valence-corrected chi connectivity index (χ0v) is 17.1. The van der Waals surface area contributed by atoms with Crippen molar-refractivity contribution in [1.82, 2.24) is 0 Å². The monoisotopic (exact) mass is 394 g/mol. The summed E-state index contributed by atoms with van der Waals surface area (Å²) in [6, 6.07) is 0. The first kappa shape index (κ1) is 25.4. The van der Waals surface area contributed by atoms with E-state index in [1.165, 1.54) is 6.42 Å². The lowest BCUT2D eigenvalue weighted by Gasteiger charge is -2.20. The van der Waals surface area contributed by atoms with Crippen LogP contribution in [0.5, 0.6) is 0 Å². The molecule has 0 amide bonds. The Hall–Kier alpha value is -0.630. The third-order valence-electron chi connectivity index (χ3n) is 4.74. The van der Waals surface area contributed by atoms with Crippen LogP contribution in [0.2, 0.25) is 0 Å². The molecule has 7 heteroatoms. The predicted molar refractivity (Wildman–Crippen MR) is 105 cm³/mol. The van der Waals surface area contributed by atoms with Gasteiger partial charge in [-0.2, -0.15) is 8.42 Å². The van der Waals surface area contributed by atoms with Gasteiger partial charge < -0.3 is 9.99 Å². The van der Waals surface area contributed by atoms with Gasteiger partial charge in [-0.1, -0.05) is 77.7 Å². The molecular weight excluding hydrogens is 356 g/mol. The average molecular weight is 395 g/mol. The largest absolute Gasteiger partial charge is 0.392 e. The van der Waals surface area contributed by atoms with Crippen molar-refractivity contribution in [3.05, 3.63) is 12.3 Å². The van der Waals surface area contributed by atoms with Crippen molar-refractivity contribution in [2.75, 3.05) is 0 Å². The zero-order valence-electron chi connectivity index (χ0n) is 16.2. The van der Waals surface area contributed by atoms with Crippen molar-refractivity contribution >= 4 is 10.1 Å². The molecule has 2 unspecified atom stereocenters. The van der Waals surface area contributed by atoms with Gasteiger partial charge in [0, 0.05) is 6.42 Å². The summed E-state index contributed by atoms with van der Waals surface area (Å²) in [6.45, 7) is 5.68. The fraction of sp³-hybridized carbons (Fsp3) is 0.895. The molecule has 0 rings (SSSR count). The highest BCUT2D eigenvalue weighted by Crippen LogP contribution is 2.20. The number of aliphatic hydroxyl groups excluding tert-OH is 1. The zero-order chi connectivity index (χ0) is 19.8. The molecule has 3 N–H and O–H groups in total. The Morgan fingerprint density at radius 1 is 0.923 bits per heavy atom. The number of unbranched alkanes of at least 4 members (excludes halogenated alkanes) is 9. The molecule has 0 saturated carbocycles. The minimum atomic E-state index is -4.22. The fourth-order valence-electron chi connectivity index (χ4n) is 3.10. The van der Waals surface area contributed by atoms with Crippen LogP contribution in [0.3, 0.4) is 0 Å². The topological polar surface area (TPSA) is 104 Å². The van der Waals surface area contributed by atoms with Crippen LogP contribution >= 0.6 is 0 Å². The van der Waals surface area contributed by atoms with E-state index in [-0.39, 0.29) is 0 Å². The summed E-state index contributed by atoms with van der Waals surface area (Å²) in [7, 11) is -4.22. The van der Waals surface area contributed by atoms with Crippen molar-refractivity contribution in [3.8, 4) is 0 Å². The molecule has 0 heterocycles. The van der Waals surface area contributed by atoms with E-state index in [1.807, 2.05) is 0 Å². The maximum atomic E-state index is 11.6. The summed E-state index contributed by atoms with van der Waals surface area (Å²) in [4.78, 5) is 4.02. The van der Waals surface area contributed by atoms with Crippen LogP contribution in [0.1, 0.15) is 96.8 Å². The van der Waals surface area contributed by atoms with Gasteiger partial charge >= 0.3 is 0 Å². The van der Waals surface area contributed by atoms with Crippen molar-refractivity contribution in [1.29, 1.82) is 0 Å². The third kappa shape index (κ3) is 13.6. The molecule has 0 fully saturated rings. The molecule has 0 spiro atoms. The number of hydrogen-bond acceptors (Lipinski definition) is 5. The second-order valence-corrected chi connectivity index (χ2v) is 8.75. The number of aliphatic hydroxyl groups is 1. The normalized spacial score (nSPS) is 14.2. The van der Waals surface area contributed by atoms with E-state index in [0.717, 1.165) is 57.8 Å². The van der Waals surface area contributed by atoms with Crippen LogP contribution in [0.4, 0.5) is 0 Å². The maximum absolute atomic E-state index is 11.6. The van der Waals surface area contributed by atoms with E-state index in [2.05, 4.69) is 18.4 Å². The quantitative estimate of drug-likeness (QED) is 0.0983. The predicted octanol–water partition coefficient (Wildman–Crippen LogP) is 5.09. The van der Waals surface area contributed by atoms with Crippen molar-refractivity contribution in [3.63, 3.8) is 0 Å². The number of allylic oxidation sites excluding steroid dienone is 1. The van der Waals surface area contributed by atoms with Crippen LogP contribution in [-0.4, -0.2) is 34.7 Å². The van der Waals surface area contributed by atoms with E-state index in [9.17, 15) is 18.1 Å². The van der Waals surface area contributed by atoms with E-state index < -0.39 is 21.5 Å². The minimum Gasteiger partial charge on any atom is -0.392 e. The van der Waals surface area contributed by atoms with E-state index in [4.69, 9.17) is 5.26 Å². The Kier molecular flexibility index (Phi) is 15.1. The molecule has 156 valence electrons. The van der Waals surface area contributed by atoms with Gasteiger partial charge in [0.2, 0.25) is 0 Å². The van der Waals surface area contributed by atoms with Crippen LogP contribution in [0, 0.1) is 0 Å². The summed E-state index contributed by atoms with van der Waals surface area (Å²) in [6.07, 6.45) is 10.9. The Bertz CT molecular complexity index is 449. The second-order valence-electron chi connectivity index (χ2n) is 7.11. The Labute approximate surface area is 159 Å². The first-order valence-electron chi connectivity index (χ1n) is 9.96. The lowest BCUT2D eigenvalue weighted by atomic mass is 10.0. The van der Waals surface area contributed by atoms with Crippen LogP contribution in [-0.2, 0) is 15.0 Å². The van der Waals surface area contributed by atoms with Gasteiger partial charge in [0.05, 0.1) is 6.10 Å². The standard InChI is InChI=1S/C19H38O6S/c1-3-4-5-6-10-13-16-19(26(22,23)24)18(20)15-12-9-7-8-11-14-17(2)25-21/h18-21H,2-16H2,1H3,(H,22,23,24). The van der Waals surface area contributed by atoms with Gasteiger partial charge in [-0.15, -0.1) is 0 Å². The molecule has 0 aromatic rings. The molecule has 26 heavy (non-hydrogen) atoms. The fourth-order valence-corrected chi connectivity index (χ4v) is 4.10. The smallest absolute Gasteiger partial charge is 0.270 e. The average Bonchev–Trinajstić information content (AvgIpc) is 2.58. The van der Waals surface area contributed by atoms with E-state index >= 15 is 0 Å². The second kappa shape index (κ2) is 15.4. The first-order chi connectivity index (χ1) is 12.3. The van der Waals surface area contributed by atoms with Crippen molar-refractivity contribution in [2.45, 2.75) is 108 Å². The minimum absolute atomic E-state index is 0.315. The SMILES string of the molecule is C=C(CCCCCCCC(O)C(CCCCCCCC)S(=O)(=O)O)OO. The van der Waals surface area contributed by atoms with Gasteiger partial charge in [-0.05, 0) is 19.3 Å². The molecule has 2 atom stereocenters. The molecule has 0 aliphatic carbocycles. The first-order valence-corrected chi connectivity index (χ1v) is 11.5. The molecule has 0 saturated heterocycles. The summed E-state index contributed by atoms with van der Waals surface area (Å²) in [5.41, 5.74) is 0. The highest BCUT2D eigenvalue weighted by molar-refractivity contribution is 7.86. The molecule has 0 aliphatic rings. The highest BCUT2D eigenvalue weighted by Gasteiger charge is 2.29. The van der Waals surface area contributed by atoms with Crippen molar-refractivity contribution in [2.24, 2.45) is 0 Å².